The maximum absolute atomic E-state index is 14.4. The van der Waals surface area contributed by atoms with E-state index in [2.05, 4.69) is 82.7 Å². The molecular formula is C37H45N3O2. The summed E-state index contributed by atoms with van der Waals surface area (Å²) in [5.74, 6) is 2.82. The van der Waals surface area contributed by atoms with E-state index in [4.69, 9.17) is 0 Å². The Morgan fingerprint density at radius 3 is 2.62 bits per heavy atom. The SMILES string of the molecule is O=C1C2CCCN2C(=O)C2(CCN(CCCCC3=CC4CC4C=C3)CC2)N1CC(c1ccccc1)C12C=CC=CC1C2. The van der Waals surface area contributed by atoms with Crippen LogP contribution in [0.25, 0.3) is 0 Å². The highest BCUT2D eigenvalue weighted by Gasteiger charge is 2.62. The van der Waals surface area contributed by atoms with Crippen molar-refractivity contribution in [1.82, 2.24) is 14.7 Å². The van der Waals surface area contributed by atoms with Crippen molar-refractivity contribution in [2.45, 2.75) is 75.3 Å². The third-order valence-electron chi connectivity index (χ3n) is 11.9. The largest absolute Gasteiger partial charge is 0.329 e. The van der Waals surface area contributed by atoms with Gasteiger partial charge in [-0.05, 0) is 87.6 Å². The smallest absolute Gasteiger partial charge is 0.249 e. The van der Waals surface area contributed by atoms with Crippen LogP contribution in [0.2, 0.25) is 0 Å². The van der Waals surface area contributed by atoms with Gasteiger partial charge in [-0.25, -0.2) is 0 Å². The maximum Gasteiger partial charge on any atom is 0.249 e. The van der Waals surface area contributed by atoms with E-state index in [1.54, 1.807) is 0 Å². The van der Waals surface area contributed by atoms with E-state index in [1.165, 1.54) is 36.8 Å². The Morgan fingerprint density at radius 2 is 1.81 bits per heavy atom. The van der Waals surface area contributed by atoms with Crippen LogP contribution in [-0.4, -0.2) is 70.8 Å². The fraction of sp³-hybridized carbons (Fsp3) is 0.568. The van der Waals surface area contributed by atoms with Crippen LogP contribution in [0.5, 0.6) is 0 Å². The van der Waals surface area contributed by atoms with Gasteiger partial charge < -0.3 is 14.7 Å². The third-order valence-corrected chi connectivity index (χ3v) is 11.9. The van der Waals surface area contributed by atoms with Crippen molar-refractivity contribution < 1.29 is 9.59 Å². The number of carbonyl (C=O) groups excluding carboxylic acids is 2. The van der Waals surface area contributed by atoms with Crippen molar-refractivity contribution in [2.24, 2.45) is 23.2 Å². The van der Waals surface area contributed by atoms with Gasteiger partial charge in [-0.2, -0.15) is 0 Å². The number of hydrogen-bond acceptors (Lipinski definition) is 3. The van der Waals surface area contributed by atoms with E-state index in [-0.39, 0.29) is 29.2 Å². The van der Waals surface area contributed by atoms with Gasteiger partial charge in [0.2, 0.25) is 11.8 Å². The second kappa shape index (κ2) is 10.4. The number of benzene rings is 1. The lowest BCUT2D eigenvalue weighted by Crippen LogP contribution is -2.73. The number of amides is 2. The van der Waals surface area contributed by atoms with E-state index >= 15 is 0 Å². The number of carbonyl (C=O) groups is 2. The van der Waals surface area contributed by atoms with E-state index < -0.39 is 5.54 Å². The minimum atomic E-state index is -0.699. The number of fused-ring (bicyclic) bond motifs is 3. The molecule has 3 aliphatic heterocycles. The Morgan fingerprint density at radius 1 is 0.952 bits per heavy atom. The summed E-state index contributed by atoms with van der Waals surface area (Å²) < 4.78 is 0. The molecular weight excluding hydrogens is 518 g/mol. The third kappa shape index (κ3) is 4.46. The molecule has 0 aromatic heterocycles. The standard InChI is InChI=1S/C37H45N3O2/c41-34-33-13-8-20-39(33)35(42)37(17-21-38(22-18-37)19-7-5-9-27-14-15-29-24-30(29)23-27)40(34)26-32(28-10-2-1-3-11-28)36-16-6-4-12-31(36)25-36/h1-4,6,10-12,14-16,23,29-33H,5,7-9,13,17-22,24-26H2. The number of rotatable bonds is 9. The van der Waals surface area contributed by atoms with Gasteiger partial charge in [0, 0.05) is 37.5 Å². The molecule has 2 amide bonds. The van der Waals surface area contributed by atoms with Gasteiger partial charge in [-0.1, -0.05) is 78.4 Å². The molecule has 6 unspecified atom stereocenters. The first kappa shape index (κ1) is 26.7. The molecule has 5 nitrogen and oxygen atoms in total. The van der Waals surface area contributed by atoms with Crippen molar-refractivity contribution in [1.29, 1.82) is 0 Å². The quantitative estimate of drug-likeness (QED) is 0.353. The lowest BCUT2D eigenvalue weighted by atomic mass is 9.76. The summed E-state index contributed by atoms with van der Waals surface area (Å²) in [5, 5.41) is 0. The van der Waals surface area contributed by atoms with Crippen molar-refractivity contribution in [3.8, 4) is 0 Å². The number of allylic oxidation sites excluding steroid dienone is 8. The molecule has 5 heteroatoms. The average Bonchev–Trinajstić information content (AvgIpc) is 3.91. The molecule has 220 valence electrons. The van der Waals surface area contributed by atoms with Gasteiger partial charge >= 0.3 is 0 Å². The van der Waals surface area contributed by atoms with Gasteiger partial charge in [-0.15, -0.1) is 0 Å². The normalized spacial score (nSPS) is 34.7. The van der Waals surface area contributed by atoms with Crippen LogP contribution >= 0.6 is 0 Å². The van der Waals surface area contributed by atoms with Crippen LogP contribution in [0.1, 0.15) is 69.3 Å². The molecule has 7 aliphatic rings. The molecule has 0 N–H and O–H groups in total. The number of likely N-dealkylation sites (tertiary alicyclic amines) is 1. The molecule has 3 saturated heterocycles. The Hall–Kier alpha value is -2.92. The van der Waals surface area contributed by atoms with Crippen molar-refractivity contribution >= 4 is 11.8 Å². The summed E-state index contributed by atoms with van der Waals surface area (Å²) >= 11 is 0. The Kier molecular flexibility index (Phi) is 6.58. The highest BCUT2D eigenvalue weighted by atomic mass is 16.2. The molecule has 5 fully saturated rings. The van der Waals surface area contributed by atoms with E-state index in [0.717, 1.165) is 70.1 Å². The molecule has 8 rings (SSSR count). The molecule has 3 heterocycles. The Bertz CT molecular complexity index is 1350. The number of unbranched alkanes of at least 4 members (excludes halogenated alkanes) is 1. The Labute approximate surface area is 251 Å². The predicted octanol–water partition coefficient (Wildman–Crippen LogP) is 5.87. The van der Waals surface area contributed by atoms with Crippen LogP contribution < -0.4 is 0 Å². The first-order valence-corrected chi connectivity index (χ1v) is 16.7. The molecule has 1 aromatic carbocycles. The highest BCUT2D eigenvalue weighted by molar-refractivity contribution is 6.00. The number of piperazine rings is 1. The highest BCUT2D eigenvalue weighted by Crippen LogP contribution is 2.64. The second-order valence-electron chi connectivity index (χ2n) is 14.2. The first-order chi connectivity index (χ1) is 20.6. The molecule has 42 heavy (non-hydrogen) atoms. The van der Waals surface area contributed by atoms with E-state index in [0.29, 0.717) is 12.5 Å². The first-order valence-electron chi connectivity index (χ1n) is 16.7. The lowest BCUT2D eigenvalue weighted by Gasteiger charge is -2.55. The summed E-state index contributed by atoms with van der Waals surface area (Å²) in [4.78, 5) is 35.4. The zero-order valence-corrected chi connectivity index (χ0v) is 24.9. The van der Waals surface area contributed by atoms with Crippen LogP contribution in [0.3, 0.4) is 0 Å². The lowest BCUT2D eigenvalue weighted by molar-refractivity contribution is -0.173. The van der Waals surface area contributed by atoms with Gasteiger partial charge in [0.05, 0.1) is 0 Å². The minimum absolute atomic E-state index is 0.0531. The van der Waals surface area contributed by atoms with Gasteiger partial charge in [0.25, 0.3) is 0 Å². The van der Waals surface area contributed by atoms with Crippen LogP contribution in [0.4, 0.5) is 0 Å². The second-order valence-corrected chi connectivity index (χ2v) is 14.2. The predicted molar refractivity (Wildman–Crippen MR) is 166 cm³/mol. The van der Waals surface area contributed by atoms with Crippen LogP contribution in [0.15, 0.2) is 78.4 Å². The molecule has 6 atom stereocenters. The molecule has 2 saturated carbocycles. The molecule has 4 aliphatic carbocycles. The topological polar surface area (TPSA) is 43.9 Å². The van der Waals surface area contributed by atoms with Gasteiger partial charge in [0.1, 0.15) is 11.6 Å². The summed E-state index contributed by atoms with van der Waals surface area (Å²) in [7, 11) is 0. The summed E-state index contributed by atoms with van der Waals surface area (Å²) in [6.07, 6.45) is 25.7. The molecule has 0 radical (unpaired) electrons. The summed E-state index contributed by atoms with van der Waals surface area (Å²) in [6.45, 7) is 4.25. The zero-order valence-electron chi connectivity index (χ0n) is 24.9. The van der Waals surface area contributed by atoms with Crippen molar-refractivity contribution in [3.63, 3.8) is 0 Å². The van der Waals surface area contributed by atoms with E-state index in [9.17, 15) is 9.59 Å². The maximum atomic E-state index is 14.4. The fourth-order valence-corrected chi connectivity index (χ4v) is 9.16. The van der Waals surface area contributed by atoms with Crippen LogP contribution in [0, 0.1) is 23.2 Å². The molecule has 1 aromatic rings. The molecule has 0 bridgehead atoms. The fourth-order valence-electron chi connectivity index (χ4n) is 9.16. The average molecular weight is 564 g/mol. The van der Waals surface area contributed by atoms with Crippen LogP contribution in [-0.2, 0) is 9.59 Å². The van der Waals surface area contributed by atoms with Gasteiger partial charge in [-0.3, -0.25) is 9.59 Å². The minimum Gasteiger partial charge on any atom is -0.329 e. The monoisotopic (exact) mass is 563 g/mol. The van der Waals surface area contributed by atoms with E-state index in [1.807, 2.05) is 4.90 Å². The number of hydrogen-bond donors (Lipinski definition) is 0. The summed E-state index contributed by atoms with van der Waals surface area (Å²) in [6, 6.07) is 10.5. The van der Waals surface area contributed by atoms with Gasteiger partial charge in [0.15, 0.2) is 0 Å². The van der Waals surface area contributed by atoms with Crippen molar-refractivity contribution in [3.05, 3.63) is 84.0 Å². The molecule has 1 spiro atoms. The zero-order chi connectivity index (χ0) is 28.3. The summed E-state index contributed by atoms with van der Waals surface area (Å²) in [5.41, 5.74) is 2.18. The number of piperidine rings is 1. The number of nitrogens with zero attached hydrogens (tertiary/aromatic N) is 3. The van der Waals surface area contributed by atoms with Crippen molar-refractivity contribution in [2.75, 3.05) is 32.7 Å². The Balaban J connectivity index is 0.997.